The summed E-state index contributed by atoms with van der Waals surface area (Å²) in [5, 5.41) is 0.678. The van der Waals surface area contributed by atoms with Crippen LogP contribution in [0.25, 0.3) is 0 Å². The quantitative estimate of drug-likeness (QED) is 0.652. The fraction of sp³-hybridized carbons (Fsp3) is 1.00. The Bertz CT molecular complexity index is 201. The molecule has 0 radical (unpaired) electrons. The molecule has 1 rings (SSSR count). The van der Waals surface area contributed by atoms with Crippen LogP contribution in [0.2, 0.25) is 0 Å². The van der Waals surface area contributed by atoms with Gasteiger partial charge in [0.2, 0.25) is 0 Å². The van der Waals surface area contributed by atoms with Crippen LogP contribution in [-0.4, -0.2) is 5.25 Å². The molecule has 1 saturated carbocycles. The first-order valence-electron chi connectivity index (χ1n) is 7.04. The smallest absolute Gasteiger partial charge is 0.00478 e. The van der Waals surface area contributed by atoms with Gasteiger partial charge in [0.25, 0.3) is 0 Å². The predicted molar refractivity (Wildman–Crippen MR) is 77.0 cm³/mol. The Hall–Kier alpha value is 0.350. The van der Waals surface area contributed by atoms with Crippen molar-refractivity contribution < 1.29 is 0 Å². The van der Waals surface area contributed by atoms with Gasteiger partial charge in [0.05, 0.1) is 0 Å². The topological polar surface area (TPSA) is 0 Å². The van der Waals surface area contributed by atoms with Crippen LogP contribution >= 0.6 is 12.6 Å². The van der Waals surface area contributed by atoms with Gasteiger partial charge in [-0.2, -0.15) is 12.6 Å². The van der Waals surface area contributed by atoms with Gasteiger partial charge in [-0.3, -0.25) is 0 Å². The molecule has 0 aromatic carbocycles. The molecular weight excluding hydrogens is 212 g/mol. The predicted octanol–water partition coefficient (Wildman–Crippen LogP) is 4.90. The van der Waals surface area contributed by atoms with Gasteiger partial charge in [0.1, 0.15) is 0 Å². The van der Waals surface area contributed by atoms with Gasteiger partial charge >= 0.3 is 0 Å². The van der Waals surface area contributed by atoms with Gasteiger partial charge in [-0.1, -0.05) is 41.5 Å². The van der Waals surface area contributed by atoms with E-state index in [4.69, 9.17) is 0 Å². The van der Waals surface area contributed by atoms with Gasteiger partial charge in [-0.25, -0.2) is 0 Å². The molecule has 0 amide bonds. The molecule has 4 atom stereocenters. The average Bonchev–Trinajstić information content (AvgIpc) is 2.14. The van der Waals surface area contributed by atoms with Crippen molar-refractivity contribution >= 4 is 12.6 Å². The maximum atomic E-state index is 4.69. The number of hydrogen-bond donors (Lipinski definition) is 1. The van der Waals surface area contributed by atoms with Crippen LogP contribution < -0.4 is 0 Å². The van der Waals surface area contributed by atoms with E-state index in [0.717, 1.165) is 35.5 Å². The molecule has 1 aliphatic rings. The minimum Gasteiger partial charge on any atom is -0.176 e. The Morgan fingerprint density at radius 3 is 1.62 bits per heavy atom. The van der Waals surface area contributed by atoms with Crippen molar-refractivity contribution in [2.45, 2.75) is 59.6 Å². The van der Waals surface area contributed by atoms with Crippen LogP contribution in [0, 0.1) is 35.5 Å². The molecule has 0 aliphatic heterocycles. The summed E-state index contributed by atoms with van der Waals surface area (Å²) < 4.78 is 0. The van der Waals surface area contributed by atoms with Crippen molar-refractivity contribution in [2.75, 3.05) is 0 Å². The van der Waals surface area contributed by atoms with E-state index in [2.05, 4.69) is 54.2 Å². The maximum Gasteiger partial charge on any atom is 0.00478 e. The van der Waals surface area contributed by atoms with E-state index in [0.29, 0.717) is 5.25 Å². The molecule has 0 N–H and O–H groups in total. The summed E-state index contributed by atoms with van der Waals surface area (Å²) in [5.41, 5.74) is 0. The van der Waals surface area contributed by atoms with Crippen molar-refractivity contribution in [3.05, 3.63) is 0 Å². The molecule has 0 aromatic rings. The maximum absolute atomic E-state index is 4.69. The SMILES string of the molecule is CC(C)C(C(C)C)C(C)C(C)C1CCC1S. The minimum atomic E-state index is 0.678. The summed E-state index contributed by atoms with van der Waals surface area (Å²) in [4.78, 5) is 0. The molecule has 1 aliphatic carbocycles. The number of rotatable bonds is 5. The molecule has 0 bridgehead atoms. The highest BCUT2D eigenvalue weighted by molar-refractivity contribution is 7.81. The third kappa shape index (κ3) is 2.97. The van der Waals surface area contributed by atoms with Crippen molar-refractivity contribution in [3.63, 3.8) is 0 Å². The third-order valence-corrected chi connectivity index (χ3v) is 5.58. The molecule has 96 valence electrons. The van der Waals surface area contributed by atoms with Crippen molar-refractivity contribution in [3.8, 4) is 0 Å². The first kappa shape index (κ1) is 14.4. The summed E-state index contributed by atoms with van der Waals surface area (Å²) in [5.74, 6) is 5.01. The van der Waals surface area contributed by atoms with Gasteiger partial charge < -0.3 is 0 Å². The molecule has 1 heteroatoms. The second-order valence-electron chi connectivity index (χ2n) is 6.59. The standard InChI is InChI=1S/C15H30S/c1-9(2)15(10(3)4)12(6)11(5)13-7-8-14(13)16/h9-16H,7-8H2,1-6H3. The molecule has 0 heterocycles. The largest absolute Gasteiger partial charge is 0.176 e. The van der Waals surface area contributed by atoms with Crippen LogP contribution in [0.1, 0.15) is 54.4 Å². The van der Waals surface area contributed by atoms with Gasteiger partial charge in [0.15, 0.2) is 0 Å². The molecular formula is C15H30S. The van der Waals surface area contributed by atoms with Crippen LogP contribution in [-0.2, 0) is 0 Å². The number of hydrogen-bond acceptors (Lipinski definition) is 1. The monoisotopic (exact) mass is 242 g/mol. The lowest BCUT2D eigenvalue weighted by Gasteiger charge is -2.44. The highest BCUT2D eigenvalue weighted by Crippen LogP contribution is 2.44. The third-order valence-electron chi connectivity index (χ3n) is 4.94. The summed E-state index contributed by atoms with van der Waals surface area (Å²) in [7, 11) is 0. The van der Waals surface area contributed by atoms with Crippen molar-refractivity contribution in [1.82, 2.24) is 0 Å². The molecule has 16 heavy (non-hydrogen) atoms. The Balaban J connectivity index is 2.62. The normalized spacial score (nSPS) is 29.6. The minimum absolute atomic E-state index is 0.678. The van der Waals surface area contributed by atoms with Gasteiger partial charge in [0, 0.05) is 5.25 Å². The first-order chi connectivity index (χ1) is 7.36. The lowest BCUT2D eigenvalue weighted by Crippen LogP contribution is -2.39. The summed E-state index contributed by atoms with van der Waals surface area (Å²) in [6.45, 7) is 14.4. The van der Waals surface area contributed by atoms with E-state index < -0.39 is 0 Å². The first-order valence-corrected chi connectivity index (χ1v) is 7.56. The van der Waals surface area contributed by atoms with Crippen LogP contribution in [0.3, 0.4) is 0 Å². The second-order valence-corrected chi connectivity index (χ2v) is 7.26. The zero-order valence-corrected chi connectivity index (χ0v) is 12.8. The fourth-order valence-corrected chi connectivity index (χ4v) is 4.42. The fourth-order valence-electron chi connectivity index (χ4n) is 3.85. The summed E-state index contributed by atoms with van der Waals surface area (Å²) in [6, 6.07) is 0. The number of thiol groups is 1. The zero-order valence-electron chi connectivity index (χ0n) is 11.9. The average molecular weight is 242 g/mol. The molecule has 0 nitrogen and oxygen atoms in total. The Kier molecular flexibility index (Phi) is 5.22. The molecule has 0 aromatic heterocycles. The Labute approximate surface area is 108 Å². The highest BCUT2D eigenvalue weighted by Gasteiger charge is 2.38. The summed E-state index contributed by atoms with van der Waals surface area (Å²) >= 11 is 4.69. The van der Waals surface area contributed by atoms with E-state index in [9.17, 15) is 0 Å². The van der Waals surface area contributed by atoms with Gasteiger partial charge in [-0.15, -0.1) is 0 Å². The lowest BCUT2D eigenvalue weighted by molar-refractivity contribution is 0.0883. The van der Waals surface area contributed by atoms with E-state index in [1.165, 1.54) is 12.8 Å². The van der Waals surface area contributed by atoms with Crippen molar-refractivity contribution in [1.29, 1.82) is 0 Å². The van der Waals surface area contributed by atoms with Gasteiger partial charge in [-0.05, 0) is 48.3 Å². The van der Waals surface area contributed by atoms with E-state index in [1.807, 2.05) is 0 Å². The summed E-state index contributed by atoms with van der Waals surface area (Å²) in [6.07, 6.45) is 2.74. The molecule has 1 fully saturated rings. The van der Waals surface area contributed by atoms with E-state index >= 15 is 0 Å². The van der Waals surface area contributed by atoms with Crippen molar-refractivity contribution in [2.24, 2.45) is 35.5 Å². The Morgan fingerprint density at radius 1 is 0.875 bits per heavy atom. The highest BCUT2D eigenvalue weighted by atomic mass is 32.1. The van der Waals surface area contributed by atoms with Crippen LogP contribution in [0.15, 0.2) is 0 Å². The zero-order chi connectivity index (χ0) is 12.5. The van der Waals surface area contributed by atoms with E-state index in [1.54, 1.807) is 0 Å². The van der Waals surface area contributed by atoms with Crippen LogP contribution in [0.5, 0.6) is 0 Å². The second kappa shape index (κ2) is 5.80. The van der Waals surface area contributed by atoms with Crippen LogP contribution in [0.4, 0.5) is 0 Å². The lowest BCUT2D eigenvalue weighted by atomic mass is 9.64. The molecule has 4 unspecified atom stereocenters. The Morgan fingerprint density at radius 2 is 1.38 bits per heavy atom. The molecule has 0 spiro atoms. The van der Waals surface area contributed by atoms with E-state index in [-0.39, 0.29) is 0 Å². The molecule has 0 saturated heterocycles.